The van der Waals surface area contributed by atoms with Crippen LogP contribution in [0.4, 0.5) is 0 Å². The number of nitrogens with one attached hydrogen (secondary N) is 1. The van der Waals surface area contributed by atoms with E-state index in [2.05, 4.69) is 47.2 Å². The monoisotopic (exact) mass is 311 g/mol. The molecule has 2 heterocycles. The van der Waals surface area contributed by atoms with Gasteiger partial charge in [0.2, 0.25) is 0 Å². The molecule has 0 aliphatic carbocycles. The summed E-state index contributed by atoms with van der Waals surface area (Å²) in [4.78, 5) is 0. The molecule has 1 saturated heterocycles. The van der Waals surface area contributed by atoms with E-state index < -0.39 is 0 Å². The molecule has 0 aromatic heterocycles. The lowest BCUT2D eigenvalue weighted by molar-refractivity contribution is 0.0276. The van der Waals surface area contributed by atoms with Crippen LogP contribution in [0.5, 0.6) is 5.75 Å². The molecule has 0 spiro atoms. The normalized spacial score (nSPS) is 25.6. The van der Waals surface area contributed by atoms with Gasteiger partial charge in [-0.05, 0) is 53.0 Å². The summed E-state index contributed by atoms with van der Waals surface area (Å²) in [5, 5.41) is 3.37. The molecule has 3 nitrogen and oxygen atoms in total. The smallest absolute Gasteiger partial charge is 0.137 e. The minimum atomic E-state index is -0.102. The molecule has 4 heteroatoms. The molecule has 0 amide bonds. The Labute approximate surface area is 116 Å². The predicted octanol–water partition coefficient (Wildman–Crippen LogP) is 2.82. The first-order chi connectivity index (χ1) is 8.55. The molecule has 3 rings (SSSR count). The molecular weight excluding hydrogens is 294 g/mol. The van der Waals surface area contributed by atoms with Crippen LogP contribution in [0.25, 0.3) is 0 Å². The van der Waals surface area contributed by atoms with Gasteiger partial charge in [-0.2, -0.15) is 0 Å². The number of halogens is 1. The third-order valence-electron chi connectivity index (χ3n) is 3.44. The lowest BCUT2D eigenvalue weighted by Crippen LogP contribution is -2.33. The van der Waals surface area contributed by atoms with Gasteiger partial charge in [0.15, 0.2) is 0 Å². The Hall–Kier alpha value is -0.580. The number of hydrogen-bond donors (Lipinski definition) is 1. The lowest BCUT2D eigenvalue weighted by atomic mass is 9.98. The van der Waals surface area contributed by atoms with Crippen molar-refractivity contribution >= 4 is 15.9 Å². The van der Waals surface area contributed by atoms with Crippen molar-refractivity contribution in [1.82, 2.24) is 5.32 Å². The van der Waals surface area contributed by atoms with E-state index in [0.29, 0.717) is 0 Å². The van der Waals surface area contributed by atoms with E-state index in [1.165, 1.54) is 11.1 Å². The molecule has 1 fully saturated rings. The molecule has 1 atom stereocenters. The van der Waals surface area contributed by atoms with Gasteiger partial charge >= 0.3 is 0 Å². The SMILES string of the molecule is CC1(C)Cc2cc(C3CNCCO3)cc(Br)c2O1. The van der Waals surface area contributed by atoms with Gasteiger partial charge in [0.1, 0.15) is 11.4 Å². The highest BCUT2D eigenvalue weighted by molar-refractivity contribution is 9.10. The highest BCUT2D eigenvalue weighted by Gasteiger charge is 2.32. The molecule has 1 aromatic carbocycles. The Morgan fingerprint density at radius 3 is 2.94 bits per heavy atom. The van der Waals surface area contributed by atoms with Crippen molar-refractivity contribution in [3.05, 3.63) is 27.7 Å². The van der Waals surface area contributed by atoms with Gasteiger partial charge in [-0.25, -0.2) is 0 Å². The van der Waals surface area contributed by atoms with E-state index in [9.17, 15) is 0 Å². The number of benzene rings is 1. The third kappa shape index (κ3) is 2.29. The van der Waals surface area contributed by atoms with Crippen LogP contribution in [0.15, 0.2) is 16.6 Å². The van der Waals surface area contributed by atoms with Gasteiger partial charge in [-0.3, -0.25) is 0 Å². The maximum absolute atomic E-state index is 5.96. The van der Waals surface area contributed by atoms with Crippen LogP contribution in [-0.2, 0) is 11.2 Å². The fourth-order valence-corrected chi connectivity index (χ4v) is 3.26. The van der Waals surface area contributed by atoms with Gasteiger partial charge in [0, 0.05) is 19.5 Å². The van der Waals surface area contributed by atoms with Crippen LogP contribution in [-0.4, -0.2) is 25.3 Å². The van der Waals surface area contributed by atoms with E-state index >= 15 is 0 Å². The topological polar surface area (TPSA) is 30.5 Å². The van der Waals surface area contributed by atoms with Crippen molar-refractivity contribution in [2.45, 2.75) is 32.0 Å². The molecule has 0 saturated carbocycles. The highest BCUT2D eigenvalue weighted by atomic mass is 79.9. The zero-order chi connectivity index (χ0) is 12.8. The minimum absolute atomic E-state index is 0.102. The zero-order valence-corrected chi connectivity index (χ0v) is 12.3. The minimum Gasteiger partial charge on any atom is -0.486 e. The standard InChI is InChI=1S/C14H18BrNO2/c1-14(2)7-10-5-9(6-11(15)13(10)18-14)12-8-16-3-4-17-12/h5-6,12,16H,3-4,7-8H2,1-2H3. The summed E-state index contributed by atoms with van der Waals surface area (Å²) in [5.41, 5.74) is 2.41. The summed E-state index contributed by atoms with van der Waals surface area (Å²) in [5.74, 6) is 0.993. The van der Waals surface area contributed by atoms with Crippen LogP contribution in [0.3, 0.4) is 0 Å². The summed E-state index contributed by atoms with van der Waals surface area (Å²) in [7, 11) is 0. The van der Waals surface area contributed by atoms with Crippen LogP contribution in [0.1, 0.15) is 31.1 Å². The summed E-state index contributed by atoms with van der Waals surface area (Å²) in [6.07, 6.45) is 1.11. The molecule has 1 unspecified atom stereocenters. The molecule has 0 bridgehead atoms. The first kappa shape index (κ1) is 12.5. The van der Waals surface area contributed by atoms with Crippen LogP contribution in [0, 0.1) is 0 Å². The van der Waals surface area contributed by atoms with E-state index in [-0.39, 0.29) is 11.7 Å². The van der Waals surface area contributed by atoms with Crippen molar-refractivity contribution in [2.24, 2.45) is 0 Å². The predicted molar refractivity (Wildman–Crippen MR) is 74.1 cm³/mol. The lowest BCUT2D eigenvalue weighted by Gasteiger charge is -2.24. The van der Waals surface area contributed by atoms with E-state index in [0.717, 1.165) is 36.3 Å². The summed E-state index contributed by atoms with van der Waals surface area (Å²) in [6, 6.07) is 4.35. The quantitative estimate of drug-likeness (QED) is 0.865. The summed E-state index contributed by atoms with van der Waals surface area (Å²) >= 11 is 3.62. The van der Waals surface area contributed by atoms with Gasteiger partial charge in [-0.1, -0.05) is 0 Å². The number of ether oxygens (including phenoxy) is 2. The number of hydrogen-bond acceptors (Lipinski definition) is 3. The number of fused-ring (bicyclic) bond motifs is 1. The maximum atomic E-state index is 5.96. The Morgan fingerprint density at radius 2 is 2.22 bits per heavy atom. The maximum Gasteiger partial charge on any atom is 0.137 e. The summed E-state index contributed by atoms with van der Waals surface area (Å²) in [6.45, 7) is 6.85. The molecular formula is C14H18BrNO2. The second-order valence-electron chi connectivity index (χ2n) is 5.59. The fourth-order valence-electron chi connectivity index (χ4n) is 2.66. The first-order valence-corrected chi connectivity index (χ1v) is 7.18. The Balaban J connectivity index is 1.93. The van der Waals surface area contributed by atoms with Crippen molar-refractivity contribution in [1.29, 1.82) is 0 Å². The average molecular weight is 312 g/mol. The molecule has 0 radical (unpaired) electrons. The second kappa shape index (κ2) is 4.51. The van der Waals surface area contributed by atoms with Crippen molar-refractivity contribution in [3.63, 3.8) is 0 Å². The first-order valence-electron chi connectivity index (χ1n) is 6.39. The second-order valence-corrected chi connectivity index (χ2v) is 6.45. The molecule has 2 aliphatic rings. The van der Waals surface area contributed by atoms with Crippen molar-refractivity contribution in [2.75, 3.05) is 19.7 Å². The van der Waals surface area contributed by atoms with Crippen LogP contribution in [0.2, 0.25) is 0 Å². The molecule has 18 heavy (non-hydrogen) atoms. The van der Waals surface area contributed by atoms with Gasteiger partial charge < -0.3 is 14.8 Å². The largest absolute Gasteiger partial charge is 0.486 e. The van der Waals surface area contributed by atoms with Crippen molar-refractivity contribution < 1.29 is 9.47 Å². The molecule has 1 aromatic rings. The Kier molecular flexibility index (Phi) is 3.12. The molecule has 98 valence electrons. The average Bonchev–Trinajstić information content (AvgIpc) is 2.65. The van der Waals surface area contributed by atoms with E-state index in [1.807, 2.05) is 0 Å². The molecule has 1 N–H and O–H groups in total. The van der Waals surface area contributed by atoms with E-state index in [4.69, 9.17) is 9.47 Å². The Morgan fingerprint density at radius 1 is 1.39 bits per heavy atom. The zero-order valence-electron chi connectivity index (χ0n) is 10.8. The number of morpholine rings is 1. The summed E-state index contributed by atoms with van der Waals surface area (Å²) < 4.78 is 12.8. The van der Waals surface area contributed by atoms with Crippen LogP contribution >= 0.6 is 15.9 Å². The Bertz CT molecular complexity index is 467. The number of rotatable bonds is 1. The molecule has 2 aliphatic heterocycles. The van der Waals surface area contributed by atoms with Crippen molar-refractivity contribution in [3.8, 4) is 5.75 Å². The van der Waals surface area contributed by atoms with Gasteiger partial charge in [0.25, 0.3) is 0 Å². The highest BCUT2D eigenvalue weighted by Crippen LogP contribution is 2.42. The van der Waals surface area contributed by atoms with Crippen LogP contribution < -0.4 is 10.1 Å². The van der Waals surface area contributed by atoms with Gasteiger partial charge in [0.05, 0.1) is 17.2 Å². The fraction of sp³-hybridized carbons (Fsp3) is 0.571. The van der Waals surface area contributed by atoms with Gasteiger partial charge in [-0.15, -0.1) is 0 Å². The van der Waals surface area contributed by atoms with E-state index in [1.54, 1.807) is 0 Å². The third-order valence-corrected chi connectivity index (χ3v) is 4.03.